The van der Waals surface area contributed by atoms with Crippen molar-refractivity contribution in [2.45, 2.75) is 18.9 Å². The molecule has 1 saturated heterocycles. The molecule has 0 bridgehead atoms. The van der Waals surface area contributed by atoms with Crippen molar-refractivity contribution in [2.75, 3.05) is 26.1 Å². The van der Waals surface area contributed by atoms with Crippen LogP contribution in [0.2, 0.25) is 0 Å². The van der Waals surface area contributed by atoms with Gasteiger partial charge < -0.3 is 20.1 Å². The summed E-state index contributed by atoms with van der Waals surface area (Å²) in [6.45, 7) is 0.907. The number of ether oxygens (including phenoxy) is 2. The molecule has 1 amide bonds. The second kappa shape index (κ2) is 5.73. The summed E-state index contributed by atoms with van der Waals surface area (Å²) in [5.41, 5.74) is 0.714. The van der Waals surface area contributed by atoms with E-state index in [0.717, 1.165) is 19.4 Å². The fourth-order valence-electron chi connectivity index (χ4n) is 2.05. The van der Waals surface area contributed by atoms with Crippen molar-refractivity contribution in [1.29, 1.82) is 0 Å². The van der Waals surface area contributed by atoms with E-state index < -0.39 is 0 Å². The van der Waals surface area contributed by atoms with E-state index in [1.807, 2.05) is 0 Å². The summed E-state index contributed by atoms with van der Waals surface area (Å²) >= 11 is 0. The maximum atomic E-state index is 11.9. The summed E-state index contributed by atoms with van der Waals surface area (Å²) in [7, 11) is 3.15. The van der Waals surface area contributed by atoms with E-state index in [1.165, 1.54) is 0 Å². The largest absolute Gasteiger partial charge is 0.493 e. The van der Waals surface area contributed by atoms with Crippen molar-refractivity contribution >= 4 is 11.6 Å². The molecular weight excluding hydrogens is 232 g/mol. The lowest BCUT2D eigenvalue weighted by Crippen LogP contribution is -2.35. The van der Waals surface area contributed by atoms with E-state index in [9.17, 15) is 4.79 Å². The average molecular weight is 250 g/mol. The van der Waals surface area contributed by atoms with E-state index in [4.69, 9.17) is 9.47 Å². The lowest BCUT2D eigenvalue weighted by atomic mass is 10.2. The van der Waals surface area contributed by atoms with Crippen LogP contribution in [-0.4, -0.2) is 32.7 Å². The molecule has 1 aliphatic rings. The van der Waals surface area contributed by atoms with Crippen LogP contribution in [0, 0.1) is 0 Å². The Hall–Kier alpha value is -1.75. The topological polar surface area (TPSA) is 59.6 Å². The molecule has 1 atom stereocenters. The molecule has 0 radical (unpaired) electrons. The Morgan fingerprint density at radius 2 is 2.11 bits per heavy atom. The van der Waals surface area contributed by atoms with Gasteiger partial charge in [0.2, 0.25) is 5.91 Å². The van der Waals surface area contributed by atoms with Crippen molar-refractivity contribution in [3.63, 3.8) is 0 Å². The molecule has 1 aliphatic heterocycles. The Morgan fingerprint density at radius 1 is 1.33 bits per heavy atom. The summed E-state index contributed by atoms with van der Waals surface area (Å²) in [5, 5.41) is 6.03. The monoisotopic (exact) mass is 250 g/mol. The lowest BCUT2D eigenvalue weighted by Gasteiger charge is -2.13. The Morgan fingerprint density at radius 3 is 2.72 bits per heavy atom. The van der Waals surface area contributed by atoms with Crippen molar-refractivity contribution in [1.82, 2.24) is 5.32 Å². The number of methoxy groups -OCH3 is 2. The molecule has 18 heavy (non-hydrogen) atoms. The van der Waals surface area contributed by atoms with Gasteiger partial charge in [-0.25, -0.2) is 0 Å². The number of hydrogen-bond acceptors (Lipinski definition) is 4. The number of carbonyl (C=O) groups is 1. The number of amides is 1. The van der Waals surface area contributed by atoms with Crippen molar-refractivity contribution < 1.29 is 14.3 Å². The van der Waals surface area contributed by atoms with Crippen LogP contribution >= 0.6 is 0 Å². The van der Waals surface area contributed by atoms with Crippen LogP contribution in [0.5, 0.6) is 11.5 Å². The van der Waals surface area contributed by atoms with Gasteiger partial charge >= 0.3 is 0 Å². The first-order valence-corrected chi connectivity index (χ1v) is 6.01. The Labute approximate surface area is 106 Å². The first-order chi connectivity index (χ1) is 8.74. The summed E-state index contributed by atoms with van der Waals surface area (Å²) in [5.74, 6) is 1.25. The van der Waals surface area contributed by atoms with Crippen LogP contribution in [-0.2, 0) is 4.79 Å². The standard InChI is InChI=1S/C13H18N2O3/c1-17-11-6-5-9(8-12(11)18-2)15-13(16)10-4-3-7-14-10/h5-6,8,10,14H,3-4,7H2,1-2H3,(H,15,16). The molecule has 0 spiro atoms. The zero-order valence-corrected chi connectivity index (χ0v) is 10.7. The molecule has 98 valence electrons. The Balaban J connectivity index is 2.06. The number of hydrogen-bond donors (Lipinski definition) is 2. The van der Waals surface area contributed by atoms with Crippen LogP contribution in [0.25, 0.3) is 0 Å². The average Bonchev–Trinajstić information content (AvgIpc) is 2.92. The highest BCUT2D eigenvalue weighted by Gasteiger charge is 2.22. The molecule has 5 heteroatoms. The van der Waals surface area contributed by atoms with Crippen molar-refractivity contribution in [2.24, 2.45) is 0 Å². The van der Waals surface area contributed by atoms with Gasteiger partial charge in [-0.05, 0) is 31.5 Å². The van der Waals surface area contributed by atoms with Gasteiger partial charge in [0.1, 0.15) is 0 Å². The third-order valence-electron chi connectivity index (χ3n) is 3.03. The van der Waals surface area contributed by atoms with Crippen LogP contribution in [0.3, 0.4) is 0 Å². The van der Waals surface area contributed by atoms with Crippen LogP contribution < -0.4 is 20.1 Å². The van der Waals surface area contributed by atoms with Gasteiger partial charge in [-0.1, -0.05) is 0 Å². The minimum absolute atomic E-state index is 0.000259. The Bertz CT molecular complexity index is 428. The number of nitrogens with one attached hydrogen (secondary N) is 2. The van der Waals surface area contributed by atoms with Gasteiger partial charge in [0.05, 0.1) is 20.3 Å². The van der Waals surface area contributed by atoms with Gasteiger partial charge in [-0.2, -0.15) is 0 Å². The summed E-state index contributed by atoms with van der Waals surface area (Å²) in [6, 6.07) is 5.24. The second-order valence-electron chi connectivity index (χ2n) is 4.21. The zero-order chi connectivity index (χ0) is 13.0. The molecule has 1 aromatic carbocycles. The number of carbonyl (C=O) groups excluding carboxylic acids is 1. The Kier molecular flexibility index (Phi) is 4.04. The third kappa shape index (κ3) is 2.73. The maximum absolute atomic E-state index is 11.9. The highest BCUT2D eigenvalue weighted by molar-refractivity contribution is 5.95. The lowest BCUT2D eigenvalue weighted by molar-refractivity contribution is -0.117. The molecular formula is C13H18N2O3. The van der Waals surface area contributed by atoms with E-state index in [-0.39, 0.29) is 11.9 Å². The van der Waals surface area contributed by atoms with E-state index >= 15 is 0 Å². The fourth-order valence-corrected chi connectivity index (χ4v) is 2.05. The SMILES string of the molecule is COc1ccc(NC(=O)C2CCCN2)cc1OC. The van der Waals surface area contributed by atoms with Crippen molar-refractivity contribution in [3.05, 3.63) is 18.2 Å². The maximum Gasteiger partial charge on any atom is 0.241 e. The van der Waals surface area contributed by atoms with E-state index in [1.54, 1.807) is 32.4 Å². The minimum atomic E-state index is -0.0851. The predicted octanol–water partition coefficient (Wildman–Crippen LogP) is 1.39. The van der Waals surface area contributed by atoms with E-state index in [0.29, 0.717) is 17.2 Å². The first-order valence-electron chi connectivity index (χ1n) is 6.01. The summed E-state index contributed by atoms with van der Waals surface area (Å²) in [4.78, 5) is 11.9. The number of rotatable bonds is 4. The molecule has 5 nitrogen and oxygen atoms in total. The smallest absolute Gasteiger partial charge is 0.241 e. The quantitative estimate of drug-likeness (QED) is 0.848. The molecule has 1 heterocycles. The molecule has 1 fully saturated rings. The number of anilines is 1. The highest BCUT2D eigenvalue weighted by Crippen LogP contribution is 2.29. The minimum Gasteiger partial charge on any atom is -0.493 e. The van der Waals surface area contributed by atoms with Gasteiger partial charge in [0.25, 0.3) is 0 Å². The molecule has 2 N–H and O–H groups in total. The van der Waals surface area contributed by atoms with Gasteiger partial charge in [-0.3, -0.25) is 4.79 Å². The van der Waals surface area contributed by atoms with Gasteiger partial charge in [0.15, 0.2) is 11.5 Å². The number of benzene rings is 1. The summed E-state index contributed by atoms with van der Waals surface area (Å²) in [6.07, 6.45) is 1.93. The zero-order valence-electron chi connectivity index (χ0n) is 10.7. The fraction of sp³-hybridized carbons (Fsp3) is 0.462. The van der Waals surface area contributed by atoms with E-state index in [2.05, 4.69) is 10.6 Å². The van der Waals surface area contributed by atoms with Crippen LogP contribution in [0.4, 0.5) is 5.69 Å². The first kappa shape index (κ1) is 12.7. The predicted molar refractivity (Wildman–Crippen MR) is 69.2 cm³/mol. The third-order valence-corrected chi connectivity index (χ3v) is 3.03. The molecule has 2 rings (SSSR count). The molecule has 0 aliphatic carbocycles. The van der Waals surface area contributed by atoms with Crippen LogP contribution in [0.15, 0.2) is 18.2 Å². The van der Waals surface area contributed by atoms with Crippen molar-refractivity contribution in [3.8, 4) is 11.5 Å². The van der Waals surface area contributed by atoms with Gasteiger partial charge in [-0.15, -0.1) is 0 Å². The summed E-state index contributed by atoms with van der Waals surface area (Å²) < 4.78 is 10.3. The van der Waals surface area contributed by atoms with Gasteiger partial charge in [0, 0.05) is 11.8 Å². The molecule has 0 saturated carbocycles. The second-order valence-corrected chi connectivity index (χ2v) is 4.21. The molecule has 0 aromatic heterocycles. The highest BCUT2D eigenvalue weighted by atomic mass is 16.5. The van der Waals surface area contributed by atoms with Crippen LogP contribution in [0.1, 0.15) is 12.8 Å². The molecule has 1 aromatic rings. The molecule has 1 unspecified atom stereocenters. The normalized spacial score (nSPS) is 18.4.